The van der Waals surface area contributed by atoms with Crippen LogP contribution in [0.5, 0.6) is 0 Å². The molecule has 0 saturated carbocycles. The standard InChI is InChI=1S/C14H18N4O2/c1-3-5-9(2)17-14(19)11-12(18-20-13(11)15)10-6-4-7-16-8-10/h4,6-9H,3,5,15H2,1-2H3,(H,17,19). The average Bonchev–Trinajstić information content (AvgIpc) is 2.82. The summed E-state index contributed by atoms with van der Waals surface area (Å²) in [5.41, 5.74) is 7.09. The Morgan fingerprint density at radius 3 is 3.00 bits per heavy atom. The predicted octanol–water partition coefficient (Wildman–Crippen LogP) is 2.24. The SMILES string of the molecule is CCCC(C)NC(=O)c1c(-c2cccnc2)noc1N. The molecule has 2 aromatic rings. The summed E-state index contributed by atoms with van der Waals surface area (Å²) < 4.78 is 4.95. The molecule has 0 aromatic carbocycles. The van der Waals surface area contributed by atoms with Gasteiger partial charge in [-0.05, 0) is 25.5 Å². The van der Waals surface area contributed by atoms with Crippen molar-refractivity contribution in [2.75, 3.05) is 5.73 Å². The van der Waals surface area contributed by atoms with Crippen LogP contribution >= 0.6 is 0 Å². The zero-order chi connectivity index (χ0) is 14.5. The van der Waals surface area contributed by atoms with Crippen LogP contribution in [-0.4, -0.2) is 22.1 Å². The Morgan fingerprint density at radius 2 is 2.35 bits per heavy atom. The van der Waals surface area contributed by atoms with Gasteiger partial charge in [0.25, 0.3) is 5.91 Å². The molecule has 0 aliphatic rings. The number of rotatable bonds is 5. The number of carbonyl (C=O) groups excluding carboxylic acids is 1. The first-order valence-corrected chi connectivity index (χ1v) is 6.59. The fourth-order valence-corrected chi connectivity index (χ4v) is 2.02. The van der Waals surface area contributed by atoms with E-state index in [0.717, 1.165) is 12.8 Å². The summed E-state index contributed by atoms with van der Waals surface area (Å²) in [7, 11) is 0. The predicted molar refractivity (Wildman–Crippen MR) is 76.0 cm³/mol. The van der Waals surface area contributed by atoms with Gasteiger partial charge in [0, 0.05) is 24.0 Å². The third-order valence-corrected chi connectivity index (χ3v) is 2.98. The molecule has 0 saturated heterocycles. The van der Waals surface area contributed by atoms with Crippen molar-refractivity contribution in [2.24, 2.45) is 0 Å². The first kappa shape index (κ1) is 14.0. The Bertz CT molecular complexity index is 580. The van der Waals surface area contributed by atoms with Crippen LogP contribution in [0.4, 0.5) is 5.88 Å². The lowest BCUT2D eigenvalue weighted by Crippen LogP contribution is -2.32. The number of aromatic nitrogens is 2. The van der Waals surface area contributed by atoms with Gasteiger partial charge < -0.3 is 15.6 Å². The second-order valence-corrected chi connectivity index (χ2v) is 4.68. The van der Waals surface area contributed by atoms with E-state index in [9.17, 15) is 4.79 Å². The van der Waals surface area contributed by atoms with Gasteiger partial charge in [-0.2, -0.15) is 0 Å². The van der Waals surface area contributed by atoms with Crippen molar-refractivity contribution in [3.63, 3.8) is 0 Å². The molecule has 0 bridgehead atoms. The van der Waals surface area contributed by atoms with Gasteiger partial charge in [-0.3, -0.25) is 9.78 Å². The van der Waals surface area contributed by atoms with E-state index in [2.05, 4.69) is 22.4 Å². The molecule has 2 heterocycles. The van der Waals surface area contributed by atoms with Gasteiger partial charge >= 0.3 is 0 Å². The molecular formula is C14H18N4O2. The van der Waals surface area contributed by atoms with E-state index in [1.165, 1.54) is 0 Å². The van der Waals surface area contributed by atoms with Gasteiger partial charge in [0.1, 0.15) is 11.3 Å². The number of nitrogens with zero attached hydrogens (tertiary/aromatic N) is 2. The van der Waals surface area contributed by atoms with Crippen molar-refractivity contribution in [3.8, 4) is 11.3 Å². The zero-order valence-electron chi connectivity index (χ0n) is 11.6. The maximum Gasteiger partial charge on any atom is 0.259 e. The van der Waals surface area contributed by atoms with E-state index >= 15 is 0 Å². The minimum absolute atomic E-state index is 0.0186. The summed E-state index contributed by atoms with van der Waals surface area (Å²) in [5, 5.41) is 6.75. The molecule has 2 rings (SSSR count). The second kappa shape index (κ2) is 6.18. The van der Waals surface area contributed by atoms with E-state index in [1.807, 2.05) is 6.92 Å². The Kier molecular flexibility index (Phi) is 4.34. The summed E-state index contributed by atoms with van der Waals surface area (Å²) >= 11 is 0. The molecule has 0 spiro atoms. The number of pyridine rings is 1. The topological polar surface area (TPSA) is 94.0 Å². The lowest BCUT2D eigenvalue weighted by atomic mass is 10.1. The van der Waals surface area contributed by atoms with E-state index < -0.39 is 0 Å². The van der Waals surface area contributed by atoms with Gasteiger partial charge in [0.2, 0.25) is 5.88 Å². The number of nitrogen functional groups attached to an aromatic ring is 1. The molecule has 6 heteroatoms. The summed E-state index contributed by atoms with van der Waals surface area (Å²) in [6.07, 6.45) is 5.16. The molecule has 1 amide bonds. The zero-order valence-corrected chi connectivity index (χ0v) is 11.6. The van der Waals surface area contributed by atoms with Crippen LogP contribution < -0.4 is 11.1 Å². The molecule has 1 atom stereocenters. The molecular weight excluding hydrogens is 256 g/mol. The van der Waals surface area contributed by atoms with Crippen molar-refractivity contribution < 1.29 is 9.32 Å². The number of carbonyl (C=O) groups is 1. The molecule has 0 fully saturated rings. The van der Waals surface area contributed by atoms with Crippen LogP contribution in [-0.2, 0) is 0 Å². The molecule has 1 unspecified atom stereocenters. The van der Waals surface area contributed by atoms with Gasteiger partial charge in [-0.25, -0.2) is 0 Å². The third kappa shape index (κ3) is 2.96. The van der Waals surface area contributed by atoms with Crippen molar-refractivity contribution in [2.45, 2.75) is 32.7 Å². The first-order valence-electron chi connectivity index (χ1n) is 6.59. The maximum absolute atomic E-state index is 12.3. The van der Waals surface area contributed by atoms with Gasteiger partial charge in [0.15, 0.2) is 0 Å². The number of nitrogens with two attached hydrogens (primary N) is 1. The monoisotopic (exact) mass is 274 g/mol. The number of hydrogen-bond donors (Lipinski definition) is 2. The van der Waals surface area contributed by atoms with Crippen LogP contribution in [0, 0.1) is 0 Å². The van der Waals surface area contributed by atoms with Crippen LogP contribution in [0.15, 0.2) is 29.0 Å². The number of amides is 1. The highest BCUT2D eigenvalue weighted by Crippen LogP contribution is 2.26. The van der Waals surface area contributed by atoms with E-state index in [1.54, 1.807) is 24.5 Å². The highest BCUT2D eigenvalue weighted by atomic mass is 16.5. The number of nitrogens with one attached hydrogen (secondary N) is 1. The lowest BCUT2D eigenvalue weighted by Gasteiger charge is -2.12. The minimum atomic E-state index is -0.274. The third-order valence-electron chi connectivity index (χ3n) is 2.98. The summed E-state index contributed by atoms with van der Waals surface area (Å²) in [6, 6.07) is 3.64. The average molecular weight is 274 g/mol. The Balaban J connectivity index is 2.28. The Hall–Kier alpha value is -2.37. The Morgan fingerprint density at radius 1 is 1.55 bits per heavy atom. The highest BCUT2D eigenvalue weighted by Gasteiger charge is 2.23. The van der Waals surface area contributed by atoms with E-state index in [4.69, 9.17) is 10.3 Å². The molecule has 6 nitrogen and oxygen atoms in total. The largest absolute Gasteiger partial charge is 0.367 e. The normalized spacial score (nSPS) is 12.1. The van der Waals surface area contributed by atoms with Crippen LogP contribution in [0.3, 0.4) is 0 Å². The van der Waals surface area contributed by atoms with Crippen LogP contribution in [0.1, 0.15) is 37.0 Å². The number of hydrogen-bond acceptors (Lipinski definition) is 5. The molecule has 0 radical (unpaired) electrons. The fourth-order valence-electron chi connectivity index (χ4n) is 2.02. The van der Waals surface area contributed by atoms with Crippen molar-refractivity contribution in [1.82, 2.24) is 15.5 Å². The molecule has 2 aromatic heterocycles. The van der Waals surface area contributed by atoms with Crippen molar-refractivity contribution >= 4 is 11.8 Å². The lowest BCUT2D eigenvalue weighted by molar-refractivity contribution is 0.0939. The van der Waals surface area contributed by atoms with Crippen molar-refractivity contribution in [3.05, 3.63) is 30.1 Å². The highest BCUT2D eigenvalue weighted by molar-refractivity contribution is 6.03. The maximum atomic E-state index is 12.3. The van der Waals surface area contributed by atoms with E-state index in [-0.39, 0.29) is 23.4 Å². The molecule has 3 N–H and O–H groups in total. The minimum Gasteiger partial charge on any atom is -0.367 e. The summed E-state index contributed by atoms with van der Waals surface area (Å²) in [6.45, 7) is 4.02. The van der Waals surface area contributed by atoms with Gasteiger partial charge in [-0.15, -0.1) is 0 Å². The molecule has 0 aliphatic heterocycles. The second-order valence-electron chi connectivity index (χ2n) is 4.68. The number of anilines is 1. The quantitative estimate of drug-likeness (QED) is 0.872. The Labute approximate surface area is 117 Å². The summed E-state index contributed by atoms with van der Waals surface area (Å²) in [5.74, 6) is -0.256. The van der Waals surface area contributed by atoms with E-state index in [0.29, 0.717) is 11.3 Å². The van der Waals surface area contributed by atoms with Crippen LogP contribution in [0.25, 0.3) is 11.3 Å². The van der Waals surface area contributed by atoms with Gasteiger partial charge in [-0.1, -0.05) is 18.5 Å². The molecule has 106 valence electrons. The van der Waals surface area contributed by atoms with Crippen molar-refractivity contribution in [1.29, 1.82) is 0 Å². The smallest absolute Gasteiger partial charge is 0.259 e. The van der Waals surface area contributed by atoms with Gasteiger partial charge in [0.05, 0.1) is 0 Å². The molecule has 20 heavy (non-hydrogen) atoms. The van der Waals surface area contributed by atoms with Crippen LogP contribution in [0.2, 0.25) is 0 Å². The summed E-state index contributed by atoms with van der Waals surface area (Å²) in [4.78, 5) is 16.3. The first-order chi connectivity index (χ1) is 9.63. The molecule has 0 aliphatic carbocycles. The fraction of sp³-hybridized carbons (Fsp3) is 0.357.